The van der Waals surface area contributed by atoms with Crippen molar-refractivity contribution in [2.24, 2.45) is 0 Å². The molecule has 0 aromatic rings. The van der Waals surface area contributed by atoms with E-state index < -0.39 is 18.0 Å². The zero-order chi connectivity index (χ0) is 12.6. The number of nitrogens with one attached hydrogen (secondary N) is 2. The van der Waals surface area contributed by atoms with Crippen LogP contribution in [-0.4, -0.2) is 29.2 Å². The smallest absolute Gasteiger partial charge is 0.326 e. The molecule has 0 aliphatic carbocycles. The first-order chi connectivity index (χ1) is 7.54. The van der Waals surface area contributed by atoms with Crippen molar-refractivity contribution in [3.63, 3.8) is 0 Å². The number of carboxylic acid groups (broad SMARTS) is 1. The fourth-order valence-corrected chi connectivity index (χ4v) is 1.42. The lowest BCUT2D eigenvalue weighted by Gasteiger charge is -2.18. The first-order valence-electron chi connectivity index (χ1n) is 5.84. The maximum Gasteiger partial charge on any atom is 0.326 e. The summed E-state index contributed by atoms with van der Waals surface area (Å²) < 4.78 is 0. The maximum atomic E-state index is 11.5. The molecule has 0 aromatic carbocycles. The van der Waals surface area contributed by atoms with E-state index in [1.165, 1.54) is 0 Å². The Morgan fingerprint density at radius 2 is 1.69 bits per heavy atom. The minimum atomic E-state index is -0.985. The lowest BCUT2D eigenvalue weighted by molar-refractivity contribution is -0.139. The molecule has 0 saturated carbocycles. The lowest BCUT2D eigenvalue weighted by atomic mass is 10.1. The number of urea groups is 1. The SMILES string of the molecule is CCC[C@H](NC(=O)NC(CC)CC)C(=O)O. The quantitative estimate of drug-likeness (QED) is 0.623. The third-order valence-corrected chi connectivity index (χ3v) is 2.50. The summed E-state index contributed by atoms with van der Waals surface area (Å²) in [4.78, 5) is 22.3. The molecule has 3 N–H and O–H groups in total. The van der Waals surface area contributed by atoms with Crippen LogP contribution >= 0.6 is 0 Å². The second-order valence-corrected chi connectivity index (χ2v) is 3.81. The van der Waals surface area contributed by atoms with Gasteiger partial charge in [0.15, 0.2) is 0 Å². The van der Waals surface area contributed by atoms with E-state index in [9.17, 15) is 9.59 Å². The number of carbonyl (C=O) groups excluding carboxylic acids is 1. The fourth-order valence-electron chi connectivity index (χ4n) is 1.42. The summed E-state index contributed by atoms with van der Waals surface area (Å²) in [5.74, 6) is -0.985. The number of rotatable bonds is 7. The molecule has 0 saturated heterocycles. The molecular weight excluding hydrogens is 208 g/mol. The molecule has 0 aliphatic heterocycles. The molecule has 16 heavy (non-hydrogen) atoms. The Balaban J connectivity index is 4.13. The van der Waals surface area contributed by atoms with Crippen molar-refractivity contribution < 1.29 is 14.7 Å². The van der Waals surface area contributed by atoms with Crippen LogP contribution in [0.2, 0.25) is 0 Å². The number of hydrogen-bond acceptors (Lipinski definition) is 2. The van der Waals surface area contributed by atoms with E-state index in [-0.39, 0.29) is 6.04 Å². The number of carboxylic acids is 1. The molecular formula is C11H22N2O3. The van der Waals surface area contributed by atoms with E-state index in [2.05, 4.69) is 10.6 Å². The largest absolute Gasteiger partial charge is 0.480 e. The van der Waals surface area contributed by atoms with E-state index in [1.807, 2.05) is 20.8 Å². The summed E-state index contributed by atoms with van der Waals surface area (Å²) in [5.41, 5.74) is 0. The number of hydrogen-bond donors (Lipinski definition) is 3. The van der Waals surface area contributed by atoms with Crippen molar-refractivity contribution in [1.29, 1.82) is 0 Å². The molecule has 0 spiro atoms. The van der Waals surface area contributed by atoms with Gasteiger partial charge in [-0.3, -0.25) is 0 Å². The van der Waals surface area contributed by atoms with Crippen LogP contribution in [0.15, 0.2) is 0 Å². The highest BCUT2D eigenvalue weighted by Gasteiger charge is 2.19. The predicted octanol–water partition coefficient (Wildman–Crippen LogP) is 1.73. The molecule has 2 amide bonds. The van der Waals surface area contributed by atoms with Crippen LogP contribution < -0.4 is 10.6 Å². The summed E-state index contributed by atoms with van der Waals surface area (Å²) in [7, 11) is 0. The molecule has 0 fully saturated rings. The van der Waals surface area contributed by atoms with E-state index in [0.29, 0.717) is 6.42 Å². The van der Waals surface area contributed by atoms with Crippen LogP contribution in [0.25, 0.3) is 0 Å². The molecule has 0 unspecified atom stereocenters. The molecule has 5 nitrogen and oxygen atoms in total. The van der Waals surface area contributed by atoms with Crippen molar-refractivity contribution in [3.8, 4) is 0 Å². The van der Waals surface area contributed by atoms with Crippen LogP contribution in [0.1, 0.15) is 46.5 Å². The van der Waals surface area contributed by atoms with Gasteiger partial charge >= 0.3 is 12.0 Å². The fraction of sp³-hybridized carbons (Fsp3) is 0.818. The van der Waals surface area contributed by atoms with Gasteiger partial charge in [0.1, 0.15) is 6.04 Å². The standard InChI is InChI=1S/C11H22N2O3/c1-4-7-9(10(14)15)13-11(16)12-8(5-2)6-3/h8-9H,4-7H2,1-3H3,(H,14,15)(H2,12,13,16)/t9-/m0/s1. The Kier molecular flexibility index (Phi) is 7.33. The zero-order valence-electron chi connectivity index (χ0n) is 10.2. The van der Waals surface area contributed by atoms with E-state index >= 15 is 0 Å². The molecule has 0 aromatic heterocycles. The van der Waals surface area contributed by atoms with Gasteiger partial charge in [0, 0.05) is 6.04 Å². The lowest BCUT2D eigenvalue weighted by Crippen LogP contribution is -2.48. The highest BCUT2D eigenvalue weighted by atomic mass is 16.4. The van der Waals surface area contributed by atoms with E-state index in [0.717, 1.165) is 19.3 Å². The van der Waals surface area contributed by atoms with Gasteiger partial charge in [0.2, 0.25) is 0 Å². The van der Waals surface area contributed by atoms with Crippen LogP contribution in [0.5, 0.6) is 0 Å². The second kappa shape index (κ2) is 7.96. The van der Waals surface area contributed by atoms with Gasteiger partial charge in [0.25, 0.3) is 0 Å². The Morgan fingerprint density at radius 3 is 2.06 bits per heavy atom. The number of aliphatic carboxylic acids is 1. The van der Waals surface area contributed by atoms with Crippen molar-refractivity contribution in [3.05, 3.63) is 0 Å². The van der Waals surface area contributed by atoms with Gasteiger partial charge in [-0.2, -0.15) is 0 Å². The minimum absolute atomic E-state index is 0.107. The Labute approximate surface area is 96.6 Å². The van der Waals surface area contributed by atoms with Gasteiger partial charge in [-0.25, -0.2) is 9.59 Å². The molecule has 0 rings (SSSR count). The van der Waals surface area contributed by atoms with Gasteiger partial charge in [-0.15, -0.1) is 0 Å². The summed E-state index contributed by atoms with van der Waals surface area (Å²) in [5, 5.41) is 14.1. The third-order valence-electron chi connectivity index (χ3n) is 2.50. The zero-order valence-corrected chi connectivity index (χ0v) is 10.2. The predicted molar refractivity (Wildman–Crippen MR) is 62.4 cm³/mol. The van der Waals surface area contributed by atoms with Gasteiger partial charge in [-0.05, 0) is 19.3 Å². The highest BCUT2D eigenvalue weighted by molar-refractivity contribution is 5.82. The van der Waals surface area contributed by atoms with Crippen LogP contribution in [0.4, 0.5) is 4.79 Å². The monoisotopic (exact) mass is 230 g/mol. The summed E-state index contributed by atoms with van der Waals surface area (Å²) in [6.07, 6.45) is 2.86. The molecule has 5 heteroatoms. The normalized spacial score (nSPS) is 12.2. The third kappa shape index (κ3) is 5.58. The summed E-state index contributed by atoms with van der Waals surface area (Å²) in [6.45, 7) is 5.85. The Hall–Kier alpha value is -1.26. The van der Waals surface area contributed by atoms with Crippen molar-refractivity contribution in [1.82, 2.24) is 10.6 Å². The maximum absolute atomic E-state index is 11.5. The molecule has 94 valence electrons. The second-order valence-electron chi connectivity index (χ2n) is 3.81. The summed E-state index contributed by atoms with van der Waals surface area (Å²) in [6, 6.07) is -1.08. The van der Waals surface area contributed by atoms with Gasteiger partial charge in [0.05, 0.1) is 0 Å². The van der Waals surface area contributed by atoms with E-state index in [1.54, 1.807) is 0 Å². The van der Waals surface area contributed by atoms with Gasteiger partial charge in [-0.1, -0.05) is 27.2 Å². The molecule has 0 heterocycles. The Morgan fingerprint density at radius 1 is 1.12 bits per heavy atom. The number of amides is 2. The first-order valence-corrected chi connectivity index (χ1v) is 5.84. The van der Waals surface area contributed by atoms with Crippen LogP contribution in [0.3, 0.4) is 0 Å². The van der Waals surface area contributed by atoms with Crippen molar-refractivity contribution in [2.45, 2.75) is 58.5 Å². The van der Waals surface area contributed by atoms with Crippen LogP contribution in [0, 0.1) is 0 Å². The molecule has 0 bridgehead atoms. The van der Waals surface area contributed by atoms with Crippen LogP contribution in [-0.2, 0) is 4.79 Å². The van der Waals surface area contributed by atoms with E-state index in [4.69, 9.17) is 5.11 Å². The minimum Gasteiger partial charge on any atom is -0.480 e. The average Bonchev–Trinajstić information content (AvgIpc) is 2.25. The highest BCUT2D eigenvalue weighted by Crippen LogP contribution is 1.99. The van der Waals surface area contributed by atoms with Crippen molar-refractivity contribution in [2.75, 3.05) is 0 Å². The number of carbonyl (C=O) groups is 2. The summed E-state index contributed by atoms with van der Waals surface area (Å²) >= 11 is 0. The molecule has 0 radical (unpaired) electrons. The molecule has 1 atom stereocenters. The Bertz CT molecular complexity index is 227. The first kappa shape index (κ1) is 14.7. The van der Waals surface area contributed by atoms with Gasteiger partial charge < -0.3 is 15.7 Å². The van der Waals surface area contributed by atoms with Crippen molar-refractivity contribution >= 4 is 12.0 Å². The average molecular weight is 230 g/mol. The topological polar surface area (TPSA) is 78.4 Å². The molecule has 0 aliphatic rings.